The summed E-state index contributed by atoms with van der Waals surface area (Å²) in [7, 11) is 0. The fourth-order valence-electron chi connectivity index (χ4n) is 6.09. The molecular weight excluding hydrogens is 420 g/mol. The van der Waals surface area contributed by atoms with Gasteiger partial charge in [-0.05, 0) is 46.9 Å². The Kier molecular flexibility index (Phi) is 4.67. The lowest BCUT2D eigenvalue weighted by atomic mass is 9.74. The Hall–Kier alpha value is -3.35. The van der Waals surface area contributed by atoms with E-state index in [1.165, 1.54) is 22.3 Å². The van der Waals surface area contributed by atoms with E-state index in [1.807, 2.05) is 24.3 Å². The minimum absolute atomic E-state index is 0.0160. The minimum Gasteiger partial charge on any atom is -0.481 e. The van der Waals surface area contributed by atoms with Crippen molar-refractivity contribution >= 4 is 18.0 Å². The number of carbonyl (C=O) groups is 3. The van der Waals surface area contributed by atoms with Crippen LogP contribution in [0.15, 0.2) is 48.5 Å². The van der Waals surface area contributed by atoms with E-state index >= 15 is 0 Å². The molecule has 2 aromatic rings. The number of nitrogens with zero attached hydrogens (tertiary/aromatic N) is 1. The Labute approximate surface area is 191 Å². The minimum atomic E-state index is -0.796. The van der Waals surface area contributed by atoms with Gasteiger partial charge in [-0.2, -0.15) is 0 Å². The second kappa shape index (κ2) is 7.61. The van der Waals surface area contributed by atoms with Crippen LogP contribution in [0.4, 0.5) is 4.79 Å². The molecule has 2 saturated heterocycles. The summed E-state index contributed by atoms with van der Waals surface area (Å²) in [6.45, 7) is 1.22. The molecule has 5 unspecified atom stereocenters. The van der Waals surface area contributed by atoms with Crippen LogP contribution in [-0.4, -0.2) is 53.7 Å². The average Bonchev–Trinajstić information content (AvgIpc) is 3.14. The third-order valence-corrected chi connectivity index (χ3v) is 7.96. The zero-order valence-corrected chi connectivity index (χ0v) is 18.1. The van der Waals surface area contributed by atoms with Crippen LogP contribution in [0.5, 0.6) is 0 Å². The van der Waals surface area contributed by atoms with Crippen LogP contribution in [0, 0.1) is 23.7 Å². The smallest absolute Gasteiger partial charge is 0.407 e. The number of carbonyl (C=O) groups excluding carboxylic acids is 2. The van der Waals surface area contributed by atoms with Crippen molar-refractivity contribution in [2.24, 2.45) is 23.7 Å². The highest BCUT2D eigenvalue weighted by Gasteiger charge is 2.59. The Balaban J connectivity index is 1.00. The first-order valence-corrected chi connectivity index (χ1v) is 11.6. The first-order chi connectivity index (χ1) is 16.0. The Morgan fingerprint density at radius 2 is 1.67 bits per heavy atom. The van der Waals surface area contributed by atoms with Gasteiger partial charge in [0.25, 0.3) is 0 Å². The van der Waals surface area contributed by atoms with Crippen LogP contribution in [-0.2, 0) is 14.3 Å². The number of benzene rings is 2. The first-order valence-electron chi connectivity index (χ1n) is 11.6. The van der Waals surface area contributed by atoms with Gasteiger partial charge >= 0.3 is 12.1 Å². The van der Waals surface area contributed by atoms with Crippen LogP contribution in [0.25, 0.3) is 11.1 Å². The van der Waals surface area contributed by atoms with Gasteiger partial charge in [0.05, 0.1) is 5.92 Å². The normalized spacial score (nSPS) is 28.5. The highest BCUT2D eigenvalue weighted by atomic mass is 16.5. The molecule has 2 amide bonds. The number of rotatable bonds is 6. The summed E-state index contributed by atoms with van der Waals surface area (Å²) < 4.78 is 5.57. The zero-order valence-electron chi connectivity index (χ0n) is 18.1. The van der Waals surface area contributed by atoms with Crippen LogP contribution in [0.1, 0.15) is 29.9 Å². The number of carboxylic acids is 1. The van der Waals surface area contributed by atoms with E-state index in [-0.39, 0.29) is 42.2 Å². The Morgan fingerprint density at radius 1 is 1.00 bits per heavy atom. The van der Waals surface area contributed by atoms with E-state index in [9.17, 15) is 19.5 Å². The quantitative estimate of drug-likeness (QED) is 0.711. The van der Waals surface area contributed by atoms with Crippen molar-refractivity contribution < 1.29 is 24.2 Å². The van der Waals surface area contributed by atoms with Crippen molar-refractivity contribution in [3.05, 3.63) is 59.7 Å². The van der Waals surface area contributed by atoms with Gasteiger partial charge in [-0.25, -0.2) is 4.79 Å². The molecule has 7 heteroatoms. The third-order valence-electron chi connectivity index (χ3n) is 7.96. The van der Waals surface area contributed by atoms with Gasteiger partial charge in [0.15, 0.2) is 0 Å². The van der Waals surface area contributed by atoms with E-state index in [0.29, 0.717) is 13.1 Å². The topological polar surface area (TPSA) is 95.9 Å². The number of alkyl carbamates (subject to hydrolysis) is 1. The van der Waals surface area contributed by atoms with Crippen molar-refractivity contribution in [3.63, 3.8) is 0 Å². The molecule has 0 radical (unpaired) electrons. The number of hydrogen-bond acceptors (Lipinski definition) is 4. The van der Waals surface area contributed by atoms with Crippen LogP contribution < -0.4 is 5.32 Å². The number of nitrogens with one attached hydrogen (secondary N) is 1. The molecule has 7 rings (SSSR count). The standard InChI is InChI=1S/C26H26N2O5/c29-24(28-12-15-10-22(28)23(15)25(30)31)20-9-14(20)11-27-26(32)33-13-21-18-7-3-1-5-16(18)17-6-2-4-8-19(17)21/h1-8,14-15,20-23H,9-13H2,(H,27,32)(H,30,31). The largest absolute Gasteiger partial charge is 0.481 e. The summed E-state index contributed by atoms with van der Waals surface area (Å²) >= 11 is 0. The lowest BCUT2D eigenvalue weighted by molar-refractivity contribution is -0.148. The SMILES string of the molecule is O=C(NCC1CC1C(=O)N1CC2CC1C2C(=O)O)OCC1c2ccccc2-c2ccccc21. The second-order valence-corrected chi connectivity index (χ2v) is 9.73. The van der Waals surface area contributed by atoms with Crippen molar-refractivity contribution in [1.29, 1.82) is 0 Å². The predicted molar refractivity (Wildman–Crippen MR) is 119 cm³/mol. The predicted octanol–water partition coefficient (Wildman–Crippen LogP) is 3.09. The molecule has 5 atom stereocenters. The fourth-order valence-corrected chi connectivity index (χ4v) is 6.09. The average molecular weight is 447 g/mol. The summed E-state index contributed by atoms with van der Waals surface area (Å²) in [5.74, 6) is -1.05. The second-order valence-electron chi connectivity index (χ2n) is 9.73. The number of ether oxygens (including phenoxy) is 1. The van der Waals surface area contributed by atoms with Crippen LogP contribution in [0.3, 0.4) is 0 Å². The van der Waals surface area contributed by atoms with Crippen molar-refractivity contribution in [3.8, 4) is 11.1 Å². The molecule has 0 aromatic heterocycles. The van der Waals surface area contributed by atoms with E-state index in [1.54, 1.807) is 4.90 Å². The van der Waals surface area contributed by atoms with Gasteiger partial charge < -0.3 is 20.1 Å². The maximum atomic E-state index is 12.8. The summed E-state index contributed by atoms with van der Waals surface area (Å²) in [6.07, 6.45) is 1.07. The molecular formula is C26H26N2O5. The summed E-state index contributed by atoms with van der Waals surface area (Å²) in [5, 5.41) is 12.1. The van der Waals surface area contributed by atoms with E-state index in [4.69, 9.17) is 4.74 Å². The van der Waals surface area contributed by atoms with Crippen molar-refractivity contribution in [1.82, 2.24) is 10.2 Å². The Morgan fingerprint density at radius 3 is 2.30 bits per heavy atom. The number of hydrogen-bond donors (Lipinski definition) is 2. The summed E-state index contributed by atoms with van der Waals surface area (Å²) in [4.78, 5) is 38.3. The molecule has 4 fully saturated rings. The maximum absolute atomic E-state index is 12.8. The number of carboxylic acid groups (broad SMARTS) is 1. The summed E-state index contributed by atoms with van der Waals surface area (Å²) in [6, 6.07) is 16.3. The zero-order chi connectivity index (χ0) is 22.7. The molecule has 2 saturated carbocycles. The molecule has 2 aromatic carbocycles. The third kappa shape index (κ3) is 3.29. The lowest BCUT2D eigenvalue weighted by Crippen LogP contribution is -2.45. The molecule has 2 bridgehead atoms. The first kappa shape index (κ1) is 20.3. The molecule has 2 heterocycles. The van der Waals surface area contributed by atoms with Crippen LogP contribution >= 0.6 is 0 Å². The van der Waals surface area contributed by atoms with Gasteiger partial charge in [-0.15, -0.1) is 0 Å². The fraction of sp³-hybridized carbons (Fsp3) is 0.423. The van der Waals surface area contributed by atoms with E-state index < -0.39 is 18.0 Å². The molecule has 33 heavy (non-hydrogen) atoms. The number of fused-ring (bicyclic) bond motifs is 4. The lowest BCUT2D eigenvalue weighted by Gasteiger charge is -2.33. The van der Waals surface area contributed by atoms with Gasteiger partial charge in [-0.3, -0.25) is 9.59 Å². The summed E-state index contributed by atoms with van der Waals surface area (Å²) in [5.41, 5.74) is 4.71. The Bertz CT molecular complexity index is 1100. The van der Waals surface area contributed by atoms with Gasteiger partial charge in [0, 0.05) is 31.0 Å². The highest BCUT2D eigenvalue weighted by molar-refractivity contribution is 5.85. The molecule has 170 valence electrons. The van der Waals surface area contributed by atoms with E-state index in [0.717, 1.165) is 12.8 Å². The maximum Gasteiger partial charge on any atom is 0.407 e. The van der Waals surface area contributed by atoms with Crippen LogP contribution in [0.2, 0.25) is 0 Å². The van der Waals surface area contributed by atoms with Gasteiger partial charge in [-0.1, -0.05) is 48.5 Å². The van der Waals surface area contributed by atoms with Gasteiger partial charge in [0.2, 0.25) is 5.91 Å². The number of aliphatic carboxylic acids is 1. The molecule has 2 aliphatic heterocycles. The molecule has 7 nitrogen and oxygen atoms in total. The molecule has 3 aliphatic carbocycles. The van der Waals surface area contributed by atoms with Crippen molar-refractivity contribution in [2.45, 2.75) is 24.8 Å². The van der Waals surface area contributed by atoms with Gasteiger partial charge in [0.1, 0.15) is 6.61 Å². The highest BCUT2D eigenvalue weighted by Crippen LogP contribution is 2.50. The molecule has 2 N–H and O–H groups in total. The molecule has 0 spiro atoms. The monoisotopic (exact) mass is 446 g/mol. The van der Waals surface area contributed by atoms with Crippen molar-refractivity contribution in [2.75, 3.05) is 19.7 Å². The van der Waals surface area contributed by atoms with E-state index in [2.05, 4.69) is 29.6 Å². The molecule has 5 aliphatic rings. The number of amides is 2.